The summed E-state index contributed by atoms with van der Waals surface area (Å²) in [6, 6.07) is 3.15. The molecule has 2 rings (SSSR count). The Bertz CT molecular complexity index is 524. The summed E-state index contributed by atoms with van der Waals surface area (Å²) < 4.78 is 4.57. The van der Waals surface area contributed by atoms with Crippen LogP contribution >= 0.6 is 0 Å². The van der Waals surface area contributed by atoms with Gasteiger partial charge in [0.15, 0.2) is 5.82 Å². The van der Waals surface area contributed by atoms with Gasteiger partial charge in [-0.15, -0.1) is 0 Å². The van der Waals surface area contributed by atoms with Crippen LogP contribution in [0.4, 0.5) is 5.82 Å². The van der Waals surface area contributed by atoms with Gasteiger partial charge >= 0.3 is 5.97 Å². The van der Waals surface area contributed by atoms with Gasteiger partial charge in [-0.3, -0.25) is 0 Å². The topological polar surface area (TPSA) is 101 Å². The number of pyridine rings is 1. The monoisotopic (exact) mass is 234 g/mol. The van der Waals surface area contributed by atoms with Crippen molar-refractivity contribution in [3.8, 4) is 0 Å². The summed E-state index contributed by atoms with van der Waals surface area (Å²) in [5.74, 6) is -0.306. The number of aryl methyl sites for hydroxylation is 1. The van der Waals surface area contributed by atoms with Crippen molar-refractivity contribution in [2.24, 2.45) is 0 Å². The van der Waals surface area contributed by atoms with Crippen molar-refractivity contribution < 1.29 is 14.4 Å². The number of carboxylic acid groups (broad SMARTS) is 1. The summed E-state index contributed by atoms with van der Waals surface area (Å²) in [6.45, 7) is 2.04. The van der Waals surface area contributed by atoms with E-state index in [1.807, 2.05) is 0 Å². The van der Waals surface area contributed by atoms with E-state index in [-0.39, 0.29) is 12.1 Å². The van der Waals surface area contributed by atoms with Gasteiger partial charge in [0.1, 0.15) is 11.4 Å². The average Bonchev–Trinajstić information content (AvgIpc) is 2.78. The summed E-state index contributed by atoms with van der Waals surface area (Å²) in [5.41, 5.74) is 0.838. The Labute approximate surface area is 96.5 Å². The molecule has 0 aliphatic heterocycles. The molecule has 7 nitrogen and oxygen atoms in total. The van der Waals surface area contributed by atoms with Crippen molar-refractivity contribution in [3.05, 3.63) is 35.6 Å². The van der Waals surface area contributed by atoms with Gasteiger partial charge in [0.25, 0.3) is 0 Å². The number of hydrogen-bond acceptors (Lipinski definition) is 6. The van der Waals surface area contributed by atoms with Gasteiger partial charge in [-0.05, 0) is 19.1 Å². The minimum atomic E-state index is -1.03. The molecule has 2 heterocycles. The molecule has 0 spiro atoms. The van der Waals surface area contributed by atoms with E-state index < -0.39 is 5.97 Å². The highest BCUT2D eigenvalue weighted by atomic mass is 16.5. The summed E-state index contributed by atoms with van der Waals surface area (Å²) in [5, 5.41) is 15.4. The summed E-state index contributed by atoms with van der Waals surface area (Å²) in [6.07, 6.45) is 1.21. The molecule has 0 bridgehead atoms. The second kappa shape index (κ2) is 4.60. The Kier molecular flexibility index (Phi) is 2.99. The Morgan fingerprint density at radius 1 is 1.53 bits per heavy atom. The Morgan fingerprint density at radius 2 is 2.35 bits per heavy atom. The third-order valence-corrected chi connectivity index (χ3v) is 2.09. The number of rotatable bonds is 4. The fourth-order valence-corrected chi connectivity index (χ4v) is 1.30. The molecule has 0 unspecified atom stereocenters. The van der Waals surface area contributed by atoms with E-state index in [1.54, 1.807) is 13.0 Å². The van der Waals surface area contributed by atoms with E-state index in [9.17, 15) is 4.79 Å². The number of nitrogens with zero attached hydrogens (tertiary/aromatic N) is 3. The van der Waals surface area contributed by atoms with Crippen LogP contribution in [0.2, 0.25) is 0 Å². The van der Waals surface area contributed by atoms with Crippen LogP contribution in [-0.2, 0) is 6.54 Å². The first kappa shape index (κ1) is 11.1. The molecule has 0 atom stereocenters. The molecule has 0 radical (unpaired) electrons. The molecule has 0 saturated heterocycles. The van der Waals surface area contributed by atoms with Gasteiger partial charge in [-0.2, -0.15) is 4.98 Å². The molecular weight excluding hydrogens is 224 g/mol. The lowest BCUT2D eigenvalue weighted by atomic mass is 10.2. The number of carbonyl (C=O) groups is 1. The predicted octanol–water partition coefficient (Wildman–Crippen LogP) is 1.08. The molecule has 0 aliphatic carbocycles. The lowest BCUT2D eigenvalue weighted by Gasteiger charge is -2.07. The number of aromatic nitrogens is 3. The molecule has 0 amide bonds. The minimum Gasteiger partial charge on any atom is -0.478 e. The molecule has 0 aromatic carbocycles. The van der Waals surface area contributed by atoms with Crippen molar-refractivity contribution >= 4 is 11.8 Å². The van der Waals surface area contributed by atoms with Crippen LogP contribution < -0.4 is 5.32 Å². The Hall–Kier alpha value is -2.44. The van der Waals surface area contributed by atoms with E-state index >= 15 is 0 Å². The quantitative estimate of drug-likeness (QED) is 0.816. The second-order valence-electron chi connectivity index (χ2n) is 3.35. The van der Waals surface area contributed by atoms with Gasteiger partial charge < -0.3 is 14.9 Å². The highest BCUT2D eigenvalue weighted by Crippen LogP contribution is 2.14. The maximum absolute atomic E-state index is 11.0. The van der Waals surface area contributed by atoms with Crippen molar-refractivity contribution in [1.29, 1.82) is 0 Å². The SMILES string of the molecule is Cc1ccc(C(=O)O)c(NCc2ncon2)n1. The first-order valence-corrected chi connectivity index (χ1v) is 4.87. The smallest absolute Gasteiger partial charge is 0.339 e. The molecular formula is C10H10N4O3. The Balaban J connectivity index is 2.19. The van der Waals surface area contributed by atoms with Crippen LogP contribution in [0.3, 0.4) is 0 Å². The molecule has 2 aromatic rings. The fraction of sp³-hybridized carbons (Fsp3) is 0.200. The van der Waals surface area contributed by atoms with Crippen molar-refractivity contribution in [3.63, 3.8) is 0 Å². The summed E-state index contributed by atoms with van der Waals surface area (Å²) in [4.78, 5) is 18.9. The first-order valence-electron chi connectivity index (χ1n) is 4.87. The zero-order valence-electron chi connectivity index (χ0n) is 9.04. The zero-order chi connectivity index (χ0) is 12.3. The molecule has 7 heteroatoms. The van der Waals surface area contributed by atoms with Gasteiger partial charge in [0.05, 0.1) is 6.54 Å². The van der Waals surface area contributed by atoms with Crippen LogP contribution in [0.5, 0.6) is 0 Å². The van der Waals surface area contributed by atoms with Gasteiger partial charge in [0.2, 0.25) is 6.39 Å². The van der Waals surface area contributed by atoms with E-state index in [2.05, 4.69) is 25.0 Å². The highest BCUT2D eigenvalue weighted by molar-refractivity contribution is 5.93. The standard InChI is InChI=1S/C10H10N4O3/c1-6-2-3-7(10(15)16)9(13-6)11-4-8-12-5-17-14-8/h2-3,5H,4H2,1H3,(H,11,13)(H,15,16). The zero-order valence-corrected chi connectivity index (χ0v) is 9.04. The van der Waals surface area contributed by atoms with Crippen molar-refractivity contribution in [2.75, 3.05) is 5.32 Å². The van der Waals surface area contributed by atoms with Crippen molar-refractivity contribution in [1.82, 2.24) is 15.1 Å². The molecule has 0 aliphatic rings. The maximum atomic E-state index is 11.0. The third-order valence-electron chi connectivity index (χ3n) is 2.09. The van der Waals surface area contributed by atoms with Crippen LogP contribution in [0.1, 0.15) is 21.9 Å². The molecule has 2 N–H and O–H groups in total. The number of hydrogen-bond donors (Lipinski definition) is 2. The lowest BCUT2D eigenvalue weighted by molar-refractivity contribution is 0.0697. The fourth-order valence-electron chi connectivity index (χ4n) is 1.30. The molecule has 0 fully saturated rings. The van der Waals surface area contributed by atoms with E-state index in [1.165, 1.54) is 12.5 Å². The number of anilines is 1. The number of nitrogens with one attached hydrogen (secondary N) is 1. The molecule has 17 heavy (non-hydrogen) atoms. The third kappa shape index (κ3) is 2.57. The van der Waals surface area contributed by atoms with E-state index in [4.69, 9.17) is 5.11 Å². The van der Waals surface area contributed by atoms with Crippen LogP contribution in [0.15, 0.2) is 23.0 Å². The average molecular weight is 234 g/mol. The normalized spacial score (nSPS) is 10.2. The lowest BCUT2D eigenvalue weighted by Crippen LogP contribution is -2.09. The van der Waals surface area contributed by atoms with Crippen LogP contribution in [-0.4, -0.2) is 26.2 Å². The summed E-state index contributed by atoms with van der Waals surface area (Å²) in [7, 11) is 0. The summed E-state index contributed by atoms with van der Waals surface area (Å²) >= 11 is 0. The van der Waals surface area contributed by atoms with E-state index in [0.717, 1.165) is 5.69 Å². The van der Waals surface area contributed by atoms with Gasteiger partial charge in [0, 0.05) is 5.69 Å². The number of carboxylic acids is 1. The first-order chi connectivity index (χ1) is 8.16. The Morgan fingerprint density at radius 3 is 3.00 bits per heavy atom. The maximum Gasteiger partial charge on any atom is 0.339 e. The number of aromatic carboxylic acids is 1. The minimum absolute atomic E-state index is 0.110. The van der Waals surface area contributed by atoms with Gasteiger partial charge in [-0.25, -0.2) is 9.78 Å². The predicted molar refractivity (Wildman–Crippen MR) is 57.6 cm³/mol. The van der Waals surface area contributed by atoms with E-state index in [0.29, 0.717) is 11.6 Å². The van der Waals surface area contributed by atoms with Crippen LogP contribution in [0, 0.1) is 6.92 Å². The molecule has 88 valence electrons. The largest absolute Gasteiger partial charge is 0.478 e. The highest BCUT2D eigenvalue weighted by Gasteiger charge is 2.11. The van der Waals surface area contributed by atoms with Crippen molar-refractivity contribution in [2.45, 2.75) is 13.5 Å². The molecule has 2 aromatic heterocycles. The van der Waals surface area contributed by atoms with Gasteiger partial charge in [-0.1, -0.05) is 5.16 Å². The molecule has 0 saturated carbocycles. The van der Waals surface area contributed by atoms with Crippen LogP contribution in [0.25, 0.3) is 0 Å². The second-order valence-corrected chi connectivity index (χ2v) is 3.35.